The molecule has 0 amide bonds. The first-order valence-electron chi connectivity index (χ1n) is 10.8. The zero-order valence-corrected chi connectivity index (χ0v) is 20.5. The Morgan fingerprint density at radius 1 is 1.24 bits per heavy atom. The van der Waals surface area contributed by atoms with E-state index in [0.29, 0.717) is 12.3 Å². The molecule has 2 rings (SSSR count). The average Bonchev–Trinajstić information content (AvgIpc) is 3.04. The number of carbonyl (C=O) groups excluding carboxylic acids is 1. The van der Waals surface area contributed by atoms with Crippen molar-refractivity contribution < 1.29 is 14.1 Å². The molecule has 0 bridgehead atoms. The number of aromatic nitrogens is 1. The maximum atomic E-state index is 12.8. The van der Waals surface area contributed by atoms with Crippen LogP contribution in [0.1, 0.15) is 103 Å². The third kappa shape index (κ3) is 8.56. The van der Waals surface area contributed by atoms with Crippen molar-refractivity contribution in [2.24, 2.45) is 5.92 Å². The largest absolute Gasteiger partial charge is 0.598 e. The van der Waals surface area contributed by atoms with Gasteiger partial charge < -0.3 is 9.29 Å². The summed E-state index contributed by atoms with van der Waals surface area (Å²) in [7, 11) is 0. The van der Waals surface area contributed by atoms with E-state index in [1.807, 2.05) is 47.1 Å². The van der Waals surface area contributed by atoms with Crippen LogP contribution >= 0.6 is 11.3 Å². The number of hydrogen-bond acceptors (Lipinski definition) is 6. The summed E-state index contributed by atoms with van der Waals surface area (Å²) in [4.78, 5) is 18.1. The van der Waals surface area contributed by atoms with E-state index >= 15 is 0 Å². The first-order valence-corrected chi connectivity index (χ1v) is 12.8. The molecule has 0 aliphatic heterocycles. The molecule has 0 saturated carbocycles. The van der Waals surface area contributed by atoms with E-state index in [1.165, 1.54) is 11.3 Å². The van der Waals surface area contributed by atoms with Gasteiger partial charge in [-0.3, -0.25) is 4.79 Å². The number of carbonyl (C=O) groups is 1. The Balaban J connectivity index is 2.04. The van der Waals surface area contributed by atoms with Gasteiger partial charge in [0.15, 0.2) is 0 Å². The summed E-state index contributed by atoms with van der Waals surface area (Å²) in [6.07, 6.45) is 7.67. The van der Waals surface area contributed by atoms with Gasteiger partial charge in [0.25, 0.3) is 0 Å². The van der Waals surface area contributed by atoms with Crippen LogP contribution in [0.3, 0.4) is 0 Å². The number of nitrogens with one attached hydrogen (secondary N) is 1. The minimum absolute atomic E-state index is 0.00145. The zero-order chi connectivity index (χ0) is 21.7. The fourth-order valence-electron chi connectivity index (χ4n) is 3.58. The minimum atomic E-state index is -1.14. The van der Waals surface area contributed by atoms with Gasteiger partial charge in [0.2, 0.25) is 0 Å². The Morgan fingerprint density at radius 3 is 2.62 bits per heavy atom. The van der Waals surface area contributed by atoms with E-state index in [2.05, 4.69) is 9.71 Å². The van der Waals surface area contributed by atoms with Crippen LogP contribution < -0.4 is 4.72 Å². The van der Waals surface area contributed by atoms with E-state index in [-0.39, 0.29) is 16.8 Å². The van der Waals surface area contributed by atoms with Crippen LogP contribution in [0.2, 0.25) is 0 Å². The van der Waals surface area contributed by atoms with Crippen molar-refractivity contribution in [1.29, 1.82) is 0 Å². The average molecular weight is 443 g/mol. The minimum Gasteiger partial charge on any atom is -0.598 e. The van der Waals surface area contributed by atoms with Crippen LogP contribution in [0.4, 0.5) is 0 Å². The molecule has 0 spiro atoms. The topological polar surface area (TPSA) is 74.3 Å². The lowest BCUT2D eigenvalue weighted by Crippen LogP contribution is -2.41. The van der Waals surface area contributed by atoms with Crippen LogP contribution in [0, 0.1) is 5.92 Å². The summed E-state index contributed by atoms with van der Waals surface area (Å²) in [5, 5.41) is 0. The van der Waals surface area contributed by atoms with Crippen molar-refractivity contribution in [1.82, 2.24) is 9.71 Å². The third-order valence-corrected chi connectivity index (χ3v) is 7.63. The molecule has 7 heteroatoms. The van der Waals surface area contributed by atoms with Crippen molar-refractivity contribution in [3.8, 4) is 0 Å². The van der Waals surface area contributed by atoms with E-state index in [0.717, 1.165) is 44.2 Å². The molecule has 0 saturated heterocycles. The lowest BCUT2D eigenvalue weighted by Gasteiger charge is -2.29. The maximum absolute atomic E-state index is 12.8. The molecule has 1 N–H and O–H groups in total. The molecule has 2 unspecified atom stereocenters. The van der Waals surface area contributed by atoms with Crippen molar-refractivity contribution in [3.05, 3.63) is 16.1 Å². The molecule has 1 aromatic rings. The van der Waals surface area contributed by atoms with Crippen LogP contribution in [0.5, 0.6) is 0 Å². The molecule has 0 fully saturated rings. The van der Waals surface area contributed by atoms with Crippen molar-refractivity contribution >= 4 is 28.7 Å². The van der Waals surface area contributed by atoms with Crippen LogP contribution in [0.25, 0.3) is 0 Å². The molecule has 3 atom stereocenters. The van der Waals surface area contributed by atoms with Crippen molar-refractivity contribution in [3.63, 3.8) is 0 Å². The predicted octanol–water partition coefficient (Wildman–Crippen LogP) is 5.48. The standard InChI is InChI=1S/C22H38N2O3S2/c1-21(2,3)27-19(25)14-12-16-9-7-8-10-18-20(23-15-28-18)17(13-11-16)24-29(26)22(4,5)6/h15-17,24H,7-14H2,1-6H3/t16?,17-,29?/m0/s1. The number of rotatable bonds is 5. The summed E-state index contributed by atoms with van der Waals surface area (Å²) in [6.45, 7) is 11.7. The van der Waals surface area contributed by atoms with E-state index in [1.54, 1.807) is 11.3 Å². The first kappa shape index (κ1) is 24.6. The van der Waals surface area contributed by atoms with Crippen molar-refractivity contribution in [2.75, 3.05) is 0 Å². The zero-order valence-electron chi connectivity index (χ0n) is 18.9. The number of hydrogen-bond donors (Lipinski definition) is 1. The number of fused-ring (bicyclic) bond motifs is 1. The van der Waals surface area contributed by atoms with E-state index in [4.69, 9.17) is 4.74 Å². The van der Waals surface area contributed by atoms with Gasteiger partial charge in [-0.05, 0) is 79.6 Å². The lowest BCUT2D eigenvalue weighted by molar-refractivity contribution is -0.155. The summed E-state index contributed by atoms with van der Waals surface area (Å²) in [6, 6.07) is -0.00145. The van der Waals surface area contributed by atoms with Gasteiger partial charge in [0, 0.05) is 22.7 Å². The molecular formula is C22H38N2O3S2. The molecule has 0 radical (unpaired) electrons. The Labute approximate surface area is 183 Å². The molecule has 1 aliphatic rings. The molecule has 5 nitrogen and oxygen atoms in total. The number of thiazole rings is 1. The Bertz CT molecular complexity index is 649. The number of ether oxygens (including phenoxy) is 1. The molecule has 166 valence electrons. The van der Waals surface area contributed by atoms with Crippen LogP contribution in [-0.2, 0) is 27.3 Å². The third-order valence-electron chi connectivity index (χ3n) is 5.11. The highest BCUT2D eigenvalue weighted by molar-refractivity contribution is 7.90. The molecule has 1 aliphatic carbocycles. The van der Waals surface area contributed by atoms with Gasteiger partial charge in [-0.1, -0.05) is 12.8 Å². The summed E-state index contributed by atoms with van der Waals surface area (Å²) >= 11 is 0.568. The quantitative estimate of drug-likeness (QED) is 0.483. The van der Waals surface area contributed by atoms with Gasteiger partial charge in [0.1, 0.15) is 10.3 Å². The highest BCUT2D eigenvalue weighted by Crippen LogP contribution is 2.33. The second kappa shape index (κ2) is 10.6. The second-order valence-corrected chi connectivity index (χ2v) is 13.0. The molecule has 0 aromatic carbocycles. The van der Waals surface area contributed by atoms with Crippen molar-refractivity contribution in [2.45, 2.75) is 109 Å². The Hall–Kier alpha value is -0.630. The molecular weight excluding hydrogens is 404 g/mol. The highest BCUT2D eigenvalue weighted by atomic mass is 32.2. The lowest BCUT2D eigenvalue weighted by atomic mass is 9.88. The SMILES string of the molecule is CC(C)(C)OC(=O)CCC1CCCCc2scnc2[C@@H](N[S+]([O-])C(C)(C)C)CC1. The normalized spacial score (nSPS) is 22.6. The second-order valence-electron chi connectivity index (χ2n) is 10.0. The fourth-order valence-corrected chi connectivity index (χ4v) is 5.29. The van der Waals surface area contributed by atoms with Gasteiger partial charge in [-0.25, -0.2) is 4.98 Å². The highest BCUT2D eigenvalue weighted by Gasteiger charge is 2.32. The number of esters is 1. The van der Waals surface area contributed by atoms with Gasteiger partial charge in [-0.15, -0.1) is 16.1 Å². The Morgan fingerprint density at radius 2 is 1.97 bits per heavy atom. The molecule has 1 heterocycles. The van der Waals surface area contributed by atoms with E-state index in [9.17, 15) is 9.35 Å². The molecule has 29 heavy (non-hydrogen) atoms. The maximum Gasteiger partial charge on any atom is 0.306 e. The van der Waals surface area contributed by atoms with Gasteiger partial charge >= 0.3 is 5.97 Å². The number of aryl methyl sites for hydroxylation is 1. The summed E-state index contributed by atoms with van der Waals surface area (Å²) in [5.41, 5.74) is 2.55. The Kier molecular flexibility index (Phi) is 9.01. The monoisotopic (exact) mass is 442 g/mol. The summed E-state index contributed by atoms with van der Waals surface area (Å²) in [5.74, 6) is 0.370. The van der Waals surface area contributed by atoms with Gasteiger partial charge in [0.05, 0.1) is 17.2 Å². The van der Waals surface area contributed by atoms with Crippen LogP contribution in [0.15, 0.2) is 5.51 Å². The summed E-state index contributed by atoms with van der Waals surface area (Å²) < 4.78 is 21.3. The number of nitrogens with zero attached hydrogens (tertiary/aromatic N) is 1. The van der Waals surface area contributed by atoms with Crippen LogP contribution in [-0.4, -0.2) is 25.9 Å². The smallest absolute Gasteiger partial charge is 0.306 e. The van der Waals surface area contributed by atoms with Gasteiger partial charge in [-0.2, -0.15) is 0 Å². The fraction of sp³-hybridized carbons (Fsp3) is 0.818. The molecule has 1 aromatic heterocycles. The first-order chi connectivity index (χ1) is 13.5. The predicted molar refractivity (Wildman–Crippen MR) is 121 cm³/mol. The van der Waals surface area contributed by atoms with E-state index < -0.39 is 17.0 Å².